The number of carbonyl (C=O) groups excluding carboxylic acids is 3. The minimum Gasteiger partial charge on any atom is -0.462 e. The zero-order valence-electron chi connectivity index (χ0n) is 21.0. The molecule has 2 aromatic carbocycles. The molecule has 0 radical (unpaired) electrons. The number of hydrogen-bond acceptors (Lipinski definition) is 7. The Kier molecular flexibility index (Phi) is 8.74. The third-order valence-corrected chi connectivity index (χ3v) is 5.71. The highest BCUT2D eigenvalue weighted by Crippen LogP contribution is 2.31. The van der Waals surface area contributed by atoms with E-state index >= 15 is 0 Å². The van der Waals surface area contributed by atoms with Crippen LogP contribution in [0.3, 0.4) is 0 Å². The van der Waals surface area contributed by atoms with Crippen LogP contribution in [0.2, 0.25) is 0 Å². The molecule has 36 heavy (non-hydrogen) atoms. The van der Waals surface area contributed by atoms with Crippen LogP contribution >= 0.6 is 0 Å². The first kappa shape index (κ1) is 26.4. The van der Waals surface area contributed by atoms with Crippen molar-refractivity contribution in [3.63, 3.8) is 0 Å². The van der Waals surface area contributed by atoms with Gasteiger partial charge in [0.25, 0.3) is 0 Å². The molecule has 1 heterocycles. The van der Waals surface area contributed by atoms with Crippen molar-refractivity contribution in [3.05, 3.63) is 53.1 Å². The largest absolute Gasteiger partial charge is 0.462 e. The Morgan fingerprint density at radius 2 is 1.75 bits per heavy atom. The van der Waals surface area contributed by atoms with Gasteiger partial charge in [-0.25, -0.2) is 9.59 Å². The van der Waals surface area contributed by atoms with E-state index in [1.807, 2.05) is 50.2 Å². The minimum atomic E-state index is -0.671. The molecule has 0 aliphatic heterocycles. The molecule has 3 aromatic rings. The maximum Gasteiger partial charge on any atom is 0.348 e. The first-order valence-electron chi connectivity index (χ1n) is 12.0. The van der Waals surface area contributed by atoms with E-state index in [0.717, 1.165) is 34.6 Å². The van der Waals surface area contributed by atoms with Crippen molar-refractivity contribution in [1.82, 2.24) is 4.57 Å². The van der Waals surface area contributed by atoms with Crippen molar-refractivity contribution < 1.29 is 24.0 Å². The molecule has 0 amide bonds. The maximum absolute atomic E-state index is 13.3. The fourth-order valence-corrected chi connectivity index (χ4v) is 4.04. The zero-order valence-corrected chi connectivity index (χ0v) is 21.0. The standard InChI is InChI=1S/C28H29N3O5/c1-5-8-9-24(30-36-18(4)32)27(33)20-11-13-26-23(16-20)22-15-19(10-12-25(22)31(26)6-2)14-21(17-29)28(34)35-7-3/h10-16H,5-9H2,1-4H3/b21-14+,30-24+. The molecule has 0 aliphatic rings. The second-order valence-corrected chi connectivity index (χ2v) is 8.20. The Bertz CT molecular complexity index is 1420. The Hall–Kier alpha value is -4.25. The Morgan fingerprint density at radius 3 is 2.36 bits per heavy atom. The highest BCUT2D eigenvalue weighted by atomic mass is 16.7. The van der Waals surface area contributed by atoms with Crippen molar-refractivity contribution in [3.8, 4) is 6.07 Å². The summed E-state index contributed by atoms with van der Waals surface area (Å²) in [6.45, 7) is 7.86. The molecular weight excluding hydrogens is 458 g/mol. The quantitative estimate of drug-likeness (QED) is 0.0702. The number of aryl methyl sites for hydroxylation is 1. The van der Waals surface area contributed by atoms with Gasteiger partial charge in [-0.3, -0.25) is 4.79 Å². The molecule has 0 saturated heterocycles. The van der Waals surface area contributed by atoms with E-state index in [-0.39, 0.29) is 23.7 Å². The number of benzene rings is 2. The van der Waals surface area contributed by atoms with Crippen LogP contribution in [0.15, 0.2) is 47.1 Å². The Labute approximate surface area is 209 Å². The van der Waals surface area contributed by atoms with Gasteiger partial charge in [0, 0.05) is 40.8 Å². The lowest BCUT2D eigenvalue weighted by Crippen LogP contribution is -2.15. The average molecular weight is 488 g/mol. The van der Waals surface area contributed by atoms with E-state index in [4.69, 9.17) is 9.57 Å². The number of Topliss-reactive ketones (excluding diaryl/α,β-unsaturated/α-hetero) is 1. The Balaban J connectivity index is 2.14. The predicted octanol–water partition coefficient (Wildman–Crippen LogP) is 5.58. The summed E-state index contributed by atoms with van der Waals surface area (Å²) in [6, 6.07) is 13.0. The smallest absolute Gasteiger partial charge is 0.348 e. The number of ether oxygens (including phenoxy) is 1. The van der Waals surface area contributed by atoms with Gasteiger partial charge in [-0.15, -0.1) is 0 Å². The molecule has 0 atom stereocenters. The van der Waals surface area contributed by atoms with Crippen LogP contribution in [0.5, 0.6) is 0 Å². The molecule has 0 spiro atoms. The maximum atomic E-state index is 13.3. The number of nitrogens with zero attached hydrogens (tertiary/aromatic N) is 3. The summed E-state index contributed by atoms with van der Waals surface area (Å²) in [5.74, 6) is -1.55. The third-order valence-electron chi connectivity index (χ3n) is 5.71. The number of esters is 1. The lowest BCUT2D eigenvalue weighted by Gasteiger charge is -2.06. The second-order valence-electron chi connectivity index (χ2n) is 8.20. The van der Waals surface area contributed by atoms with Gasteiger partial charge >= 0.3 is 11.9 Å². The van der Waals surface area contributed by atoms with Crippen LogP contribution in [-0.4, -0.2) is 34.6 Å². The number of hydrogen-bond donors (Lipinski definition) is 0. The second kappa shape index (κ2) is 11.9. The molecule has 3 rings (SSSR count). The van der Waals surface area contributed by atoms with E-state index in [9.17, 15) is 19.6 Å². The van der Waals surface area contributed by atoms with Gasteiger partial charge in [0.05, 0.1) is 6.61 Å². The lowest BCUT2D eigenvalue weighted by atomic mass is 10.00. The number of nitriles is 1. The molecule has 0 unspecified atom stereocenters. The van der Waals surface area contributed by atoms with E-state index in [1.54, 1.807) is 13.0 Å². The van der Waals surface area contributed by atoms with Crippen molar-refractivity contribution in [2.24, 2.45) is 5.16 Å². The number of unbranched alkanes of at least 4 members (excludes halogenated alkanes) is 1. The number of oxime groups is 1. The molecule has 0 N–H and O–H groups in total. The van der Waals surface area contributed by atoms with Crippen molar-refractivity contribution in [2.75, 3.05) is 6.61 Å². The summed E-state index contributed by atoms with van der Waals surface area (Å²) in [5.41, 5.74) is 3.12. The topological polar surface area (TPSA) is 111 Å². The van der Waals surface area contributed by atoms with E-state index in [2.05, 4.69) is 9.72 Å². The van der Waals surface area contributed by atoms with E-state index in [0.29, 0.717) is 24.1 Å². The molecule has 0 aliphatic carbocycles. The molecule has 0 fully saturated rings. The number of carbonyl (C=O) groups is 3. The molecule has 186 valence electrons. The fraction of sp³-hybridized carbons (Fsp3) is 0.321. The predicted molar refractivity (Wildman–Crippen MR) is 138 cm³/mol. The normalized spacial score (nSPS) is 12.0. The highest BCUT2D eigenvalue weighted by molar-refractivity contribution is 6.46. The van der Waals surface area contributed by atoms with Crippen LogP contribution in [0, 0.1) is 11.3 Å². The van der Waals surface area contributed by atoms with Gasteiger partial charge in [0.15, 0.2) is 0 Å². The molecule has 1 aromatic heterocycles. The van der Waals surface area contributed by atoms with Crippen molar-refractivity contribution in [2.45, 2.75) is 53.5 Å². The van der Waals surface area contributed by atoms with E-state index in [1.165, 1.54) is 13.0 Å². The summed E-state index contributed by atoms with van der Waals surface area (Å²) in [4.78, 5) is 41.4. The SMILES string of the molecule is CCCC/C(=N\OC(C)=O)C(=O)c1ccc2c(c1)c1cc(/C=C(\C#N)C(=O)OCC)ccc1n2CC. The summed E-state index contributed by atoms with van der Waals surface area (Å²) in [7, 11) is 0. The van der Waals surface area contributed by atoms with Crippen LogP contribution in [0.1, 0.15) is 62.9 Å². The summed E-state index contributed by atoms with van der Waals surface area (Å²) in [5, 5.41) is 14.9. The van der Waals surface area contributed by atoms with Gasteiger partial charge in [-0.05, 0) is 68.7 Å². The van der Waals surface area contributed by atoms with E-state index < -0.39 is 11.9 Å². The summed E-state index contributed by atoms with van der Waals surface area (Å²) < 4.78 is 7.09. The number of rotatable bonds is 10. The average Bonchev–Trinajstić information content (AvgIpc) is 3.19. The number of aromatic nitrogens is 1. The number of ketones is 1. The van der Waals surface area contributed by atoms with Crippen LogP contribution in [0.25, 0.3) is 27.9 Å². The first-order chi connectivity index (χ1) is 17.3. The van der Waals surface area contributed by atoms with Gasteiger partial charge < -0.3 is 14.1 Å². The molecular formula is C28H29N3O5. The summed E-state index contributed by atoms with van der Waals surface area (Å²) in [6.07, 6.45) is 3.50. The molecule has 8 nitrogen and oxygen atoms in total. The monoisotopic (exact) mass is 487 g/mol. The van der Waals surface area contributed by atoms with Crippen LogP contribution < -0.4 is 0 Å². The van der Waals surface area contributed by atoms with Gasteiger partial charge in [0.1, 0.15) is 17.4 Å². The molecule has 0 saturated carbocycles. The van der Waals surface area contributed by atoms with Gasteiger partial charge in [-0.1, -0.05) is 24.6 Å². The van der Waals surface area contributed by atoms with Crippen molar-refractivity contribution in [1.29, 1.82) is 5.26 Å². The van der Waals surface area contributed by atoms with Crippen LogP contribution in [-0.2, 0) is 25.7 Å². The Morgan fingerprint density at radius 1 is 1.06 bits per heavy atom. The zero-order chi connectivity index (χ0) is 26.2. The number of fused-ring (bicyclic) bond motifs is 3. The molecule has 8 heteroatoms. The molecule has 0 bridgehead atoms. The first-order valence-corrected chi connectivity index (χ1v) is 12.0. The van der Waals surface area contributed by atoms with Gasteiger partial charge in [0.2, 0.25) is 5.78 Å². The fourth-order valence-electron chi connectivity index (χ4n) is 4.04. The minimum absolute atomic E-state index is 0.0893. The third kappa shape index (κ3) is 5.69. The van der Waals surface area contributed by atoms with Crippen LogP contribution in [0.4, 0.5) is 0 Å². The highest BCUT2D eigenvalue weighted by Gasteiger charge is 2.18. The van der Waals surface area contributed by atoms with Crippen molar-refractivity contribution >= 4 is 51.3 Å². The lowest BCUT2D eigenvalue weighted by molar-refractivity contribution is -0.141. The summed E-state index contributed by atoms with van der Waals surface area (Å²) >= 11 is 0. The van der Waals surface area contributed by atoms with Gasteiger partial charge in [-0.2, -0.15) is 5.26 Å².